The first kappa shape index (κ1) is 16.9. The second kappa shape index (κ2) is 6.49. The number of hydrogen-bond acceptors (Lipinski definition) is 7. The van der Waals surface area contributed by atoms with Gasteiger partial charge in [0.15, 0.2) is 11.0 Å². The highest BCUT2D eigenvalue weighted by Crippen LogP contribution is 2.33. The zero-order valence-electron chi connectivity index (χ0n) is 15.2. The zero-order valence-corrected chi connectivity index (χ0v) is 16.0. The van der Waals surface area contributed by atoms with Crippen LogP contribution >= 0.6 is 11.3 Å². The molecule has 0 fully saturated rings. The molecule has 0 aliphatic heterocycles. The monoisotopic (exact) mass is 414 g/mol. The van der Waals surface area contributed by atoms with Gasteiger partial charge in [0.1, 0.15) is 23.2 Å². The van der Waals surface area contributed by atoms with Gasteiger partial charge >= 0.3 is 0 Å². The smallest absolute Gasteiger partial charge is 0.177 e. The number of nitrogens with one attached hydrogen (secondary N) is 2. The largest absolute Gasteiger partial charge is 0.336 e. The van der Waals surface area contributed by atoms with Crippen molar-refractivity contribution in [1.82, 2.24) is 40.1 Å². The Labute approximate surface area is 171 Å². The van der Waals surface area contributed by atoms with Gasteiger partial charge in [-0.1, -0.05) is 0 Å². The average Bonchev–Trinajstić information content (AvgIpc) is 3.51. The number of hydrogen-bond donors (Lipinski definition) is 2. The van der Waals surface area contributed by atoms with Crippen molar-refractivity contribution in [3.05, 3.63) is 60.5 Å². The summed E-state index contributed by atoms with van der Waals surface area (Å²) in [6.45, 7) is 0. The van der Waals surface area contributed by atoms with Crippen molar-refractivity contribution in [2.75, 3.05) is 0 Å². The molecule has 0 radical (unpaired) electrons. The zero-order chi connectivity index (χ0) is 20.1. The van der Waals surface area contributed by atoms with Gasteiger partial charge in [-0.25, -0.2) is 15.0 Å². The number of aromatic nitrogens is 8. The first-order valence-electron chi connectivity index (χ1n) is 8.96. The van der Waals surface area contributed by atoms with E-state index in [9.17, 15) is 4.39 Å². The van der Waals surface area contributed by atoms with Crippen LogP contribution in [0.1, 0.15) is 0 Å². The van der Waals surface area contributed by atoms with Crippen molar-refractivity contribution in [3.8, 4) is 33.3 Å². The van der Waals surface area contributed by atoms with E-state index in [2.05, 4.69) is 35.1 Å². The summed E-state index contributed by atoms with van der Waals surface area (Å²) in [6.07, 6.45) is 8.29. The van der Waals surface area contributed by atoms with Crippen molar-refractivity contribution in [1.29, 1.82) is 0 Å². The lowest BCUT2D eigenvalue weighted by atomic mass is 10.1. The van der Waals surface area contributed by atoms with E-state index in [0.717, 1.165) is 43.9 Å². The minimum absolute atomic E-state index is 0.261. The Bertz CT molecular complexity index is 1520. The van der Waals surface area contributed by atoms with Gasteiger partial charge in [-0.05, 0) is 24.3 Å². The quantitative estimate of drug-likeness (QED) is 0.449. The average molecular weight is 414 g/mol. The summed E-state index contributed by atoms with van der Waals surface area (Å²) in [5.41, 5.74) is 5.07. The van der Waals surface area contributed by atoms with Crippen LogP contribution in [0, 0.1) is 5.13 Å². The maximum atomic E-state index is 13.5. The molecule has 0 aliphatic carbocycles. The number of thiophene rings is 1. The van der Waals surface area contributed by atoms with E-state index < -0.39 is 0 Å². The van der Waals surface area contributed by atoms with Crippen LogP contribution in [0.25, 0.3) is 55.3 Å². The van der Waals surface area contributed by atoms with E-state index in [4.69, 9.17) is 4.98 Å². The van der Waals surface area contributed by atoms with Gasteiger partial charge in [0.2, 0.25) is 0 Å². The van der Waals surface area contributed by atoms with E-state index in [1.54, 1.807) is 30.9 Å². The van der Waals surface area contributed by atoms with Crippen molar-refractivity contribution in [3.63, 3.8) is 0 Å². The van der Waals surface area contributed by atoms with Gasteiger partial charge < -0.3 is 4.98 Å². The first-order valence-corrected chi connectivity index (χ1v) is 9.78. The number of pyridine rings is 2. The summed E-state index contributed by atoms with van der Waals surface area (Å²) in [7, 11) is 0. The molecule has 6 rings (SSSR count). The molecule has 0 saturated carbocycles. The standard InChI is InChI=1S/C20H11FN8S/c21-16-2-1-15(30-16)19-18-12(3-4-24-19)26-20(27-18)17-11-5-13(10-6-22-9-23-7-10)25-8-14(11)28-29-17/h1-9H,(H,26,27)(H,28,29). The molecule has 10 heteroatoms. The molecule has 0 aromatic carbocycles. The molecule has 0 spiro atoms. The molecule has 144 valence electrons. The number of imidazole rings is 1. The third-order valence-corrected chi connectivity index (χ3v) is 5.62. The fourth-order valence-corrected chi connectivity index (χ4v) is 4.08. The normalized spacial score (nSPS) is 11.5. The summed E-state index contributed by atoms with van der Waals surface area (Å²) >= 11 is 1.04. The third-order valence-electron chi connectivity index (χ3n) is 4.74. The molecular formula is C20H11FN8S. The van der Waals surface area contributed by atoms with Crippen LogP contribution in [0.4, 0.5) is 4.39 Å². The Morgan fingerprint density at radius 1 is 0.933 bits per heavy atom. The summed E-state index contributed by atoms with van der Waals surface area (Å²) in [4.78, 5) is 25.7. The molecule has 0 unspecified atom stereocenters. The molecule has 8 nitrogen and oxygen atoms in total. The first-order chi connectivity index (χ1) is 14.8. The van der Waals surface area contributed by atoms with Crippen LogP contribution in [0.15, 0.2) is 55.4 Å². The van der Waals surface area contributed by atoms with Gasteiger partial charge in [0.25, 0.3) is 0 Å². The Hall–Kier alpha value is -4.05. The van der Waals surface area contributed by atoms with Crippen LogP contribution in [-0.4, -0.2) is 40.1 Å². The fourth-order valence-electron chi connectivity index (χ4n) is 3.36. The molecule has 0 atom stereocenters. The minimum atomic E-state index is -0.261. The van der Waals surface area contributed by atoms with E-state index >= 15 is 0 Å². The predicted octanol–water partition coefficient (Wildman–Crippen LogP) is 4.22. The van der Waals surface area contributed by atoms with E-state index in [-0.39, 0.29) is 5.13 Å². The summed E-state index contributed by atoms with van der Waals surface area (Å²) in [6, 6.07) is 6.90. The van der Waals surface area contributed by atoms with E-state index in [1.807, 2.05) is 12.1 Å². The Kier molecular flexibility index (Phi) is 3.65. The minimum Gasteiger partial charge on any atom is -0.336 e. The second-order valence-electron chi connectivity index (χ2n) is 6.56. The highest BCUT2D eigenvalue weighted by molar-refractivity contribution is 7.13. The topological polar surface area (TPSA) is 109 Å². The lowest BCUT2D eigenvalue weighted by Crippen LogP contribution is -1.87. The molecule has 0 saturated heterocycles. The number of halogens is 1. The summed E-state index contributed by atoms with van der Waals surface area (Å²) < 4.78 is 13.5. The molecular weight excluding hydrogens is 403 g/mol. The highest BCUT2D eigenvalue weighted by atomic mass is 32.1. The van der Waals surface area contributed by atoms with Crippen LogP contribution in [0.3, 0.4) is 0 Å². The predicted molar refractivity (Wildman–Crippen MR) is 111 cm³/mol. The maximum Gasteiger partial charge on any atom is 0.177 e. The van der Waals surface area contributed by atoms with Crippen LogP contribution in [-0.2, 0) is 0 Å². The Balaban J connectivity index is 1.52. The lowest BCUT2D eigenvalue weighted by molar-refractivity contribution is 0.657. The molecule has 6 heterocycles. The molecule has 6 aromatic heterocycles. The Morgan fingerprint density at radius 3 is 2.67 bits per heavy atom. The summed E-state index contributed by atoms with van der Waals surface area (Å²) in [5.74, 6) is 0.587. The molecule has 6 aromatic rings. The van der Waals surface area contributed by atoms with Gasteiger partial charge in [-0.2, -0.15) is 9.49 Å². The van der Waals surface area contributed by atoms with Gasteiger partial charge in [0.05, 0.1) is 27.8 Å². The van der Waals surface area contributed by atoms with Crippen LogP contribution < -0.4 is 0 Å². The van der Waals surface area contributed by atoms with Crippen molar-refractivity contribution in [2.45, 2.75) is 0 Å². The SMILES string of the molecule is Fc1ccc(-c2nccc3[nH]c(-c4n[nH]c5cnc(-c6cncnc6)cc45)nc23)s1. The van der Waals surface area contributed by atoms with E-state index in [1.165, 1.54) is 12.4 Å². The number of aromatic amines is 2. The lowest BCUT2D eigenvalue weighted by Gasteiger charge is -1.99. The summed E-state index contributed by atoms with van der Waals surface area (Å²) in [5, 5.41) is 8.03. The molecule has 2 N–H and O–H groups in total. The van der Waals surface area contributed by atoms with Gasteiger partial charge in [-0.15, -0.1) is 11.3 Å². The van der Waals surface area contributed by atoms with Crippen LogP contribution in [0.5, 0.6) is 0 Å². The van der Waals surface area contributed by atoms with Crippen LogP contribution in [0.2, 0.25) is 0 Å². The van der Waals surface area contributed by atoms with Crippen molar-refractivity contribution < 1.29 is 4.39 Å². The highest BCUT2D eigenvalue weighted by Gasteiger charge is 2.17. The second-order valence-corrected chi connectivity index (χ2v) is 7.59. The number of rotatable bonds is 3. The molecule has 0 aliphatic rings. The molecule has 0 bridgehead atoms. The molecule has 0 amide bonds. The van der Waals surface area contributed by atoms with Crippen molar-refractivity contribution >= 4 is 33.3 Å². The fraction of sp³-hybridized carbons (Fsp3) is 0. The number of fused-ring (bicyclic) bond motifs is 2. The molecule has 30 heavy (non-hydrogen) atoms. The van der Waals surface area contributed by atoms with E-state index in [0.29, 0.717) is 22.7 Å². The Morgan fingerprint density at radius 2 is 1.83 bits per heavy atom. The van der Waals surface area contributed by atoms with Gasteiger partial charge in [-0.3, -0.25) is 15.1 Å². The number of H-pyrrole nitrogens is 2. The van der Waals surface area contributed by atoms with Gasteiger partial charge in [0, 0.05) is 29.5 Å². The third kappa shape index (κ3) is 2.65. The number of nitrogens with zero attached hydrogens (tertiary/aromatic N) is 6. The van der Waals surface area contributed by atoms with Crippen molar-refractivity contribution in [2.24, 2.45) is 0 Å². The maximum absolute atomic E-state index is 13.5.